The summed E-state index contributed by atoms with van der Waals surface area (Å²) in [5.74, 6) is -1.37. The predicted octanol–water partition coefficient (Wildman–Crippen LogP) is 1.42. The number of hydrogen-bond donors (Lipinski definition) is 1. The Labute approximate surface area is 104 Å². The third-order valence-corrected chi connectivity index (χ3v) is 2.37. The molecular weight excluding hydrogens is 227 g/mol. The molecule has 0 spiro atoms. The van der Waals surface area contributed by atoms with Crippen molar-refractivity contribution < 1.29 is 22.3 Å². The lowest BCUT2D eigenvalue weighted by Gasteiger charge is -2.09. The van der Waals surface area contributed by atoms with Crippen molar-refractivity contribution in [3.63, 3.8) is 0 Å². The maximum atomic E-state index is 9.87. The normalized spacial score (nSPS) is 9.69. The van der Waals surface area contributed by atoms with Gasteiger partial charge in [0.15, 0.2) is 0 Å². The Hall–Kier alpha value is -0.408. The first kappa shape index (κ1) is 18.0. The molecule has 0 atom stereocenters. The van der Waals surface area contributed by atoms with Gasteiger partial charge in [0.1, 0.15) is 12.2 Å². The highest BCUT2D eigenvalue weighted by atomic mass is 27.2. The summed E-state index contributed by atoms with van der Waals surface area (Å²) < 4.78 is 10.4. The van der Waals surface area contributed by atoms with E-state index in [0.29, 0.717) is 12.2 Å². The lowest BCUT2D eigenvalue weighted by Crippen LogP contribution is -2.14. The zero-order chi connectivity index (χ0) is 13.1. The van der Waals surface area contributed by atoms with Gasteiger partial charge in [-0.15, -0.1) is 0 Å². The molecule has 0 saturated carbocycles. The van der Waals surface area contributed by atoms with Crippen molar-refractivity contribution in [2.75, 3.05) is 0 Å². The summed E-state index contributed by atoms with van der Waals surface area (Å²) in [7, 11) is 0. The average molecular weight is 247 g/mol. The number of carbonyl (C=O) groups is 2. The van der Waals surface area contributed by atoms with Crippen LogP contribution in [0, 0.1) is 0 Å². The van der Waals surface area contributed by atoms with Gasteiger partial charge in [0, 0.05) is 12.2 Å². The van der Waals surface area contributed by atoms with Gasteiger partial charge < -0.3 is 12.7 Å². The molecule has 1 radical (unpaired) electrons. The highest BCUT2D eigenvalue weighted by Gasteiger charge is 2.01. The van der Waals surface area contributed by atoms with E-state index < -0.39 is 5.97 Å². The number of rotatable bonds is 6. The van der Waals surface area contributed by atoms with Crippen molar-refractivity contribution in [2.24, 2.45) is 0 Å². The third kappa shape index (κ3) is 23.4. The van der Waals surface area contributed by atoms with Crippen molar-refractivity contribution in [3.05, 3.63) is 0 Å². The zero-order valence-corrected chi connectivity index (χ0v) is 11.7. The smallest absolute Gasteiger partial charge is 0.482 e. The van der Waals surface area contributed by atoms with E-state index in [-0.39, 0.29) is 28.1 Å². The predicted molar refractivity (Wildman–Crippen MR) is 61.1 cm³/mol. The van der Waals surface area contributed by atoms with Gasteiger partial charge in [0.2, 0.25) is 0 Å². The first-order valence-electron chi connectivity index (χ1n) is 5.09. The zero-order valence-electron chi connectivity index (χ0n) is 10.5. The lowest BCUT2D eigenvalue weighted by atomic mass is 10.3. The maximum Gasteiger partial charge on any atom is 0.668 e. The molecule has 0 aliphatic heterocycles. The van der Waals surface area contributed by atoms with Gasteiger partial charge in [-0.2, -0.15) is 0 Å². The summed E-state index contributed by atoms with van der Waals surface area (Å²) in [6.07, 6.45) is 0.248. The van der Waals surface area contributed by atoms with E-state index in [9.17, 15) is 9.59 Å². The second kappa shape index (κ2) is 11.1. The van der Waals surface area contributed by atoms with E-state index in [2.05, 4.69) is 0 Å². The Bertz CT molecular complexity index is 183. The molecule has 0 aliphatic rings. The summed E-state index contributed by atoms with van der Waals surface area (Å²) in [5.41, 5.74) is 0. The number of hydrogen-bond acceptors (Lipinski definition) is 4. The van der Waals surface area contributed by atoms with Crippen LogP contribution in [0.3, 0.4) is 0 Å². The van der Waals surface area contributed by atoms with Crippen LogP contribution in [0.25, 0.3) is 0 Å². The molecule has 0 fully saturated rings. The Morgan fingerprint density at radius 1 is 1.12 bits per heavy atom. The van der Waals surface area contributed by atoms with Crippen LogP contribution in [0.1, 0.15) is 41.0 Å². The molecule has 0 aromatic rings. The van der Waals surface area contributed by atoms with E-state index in [1.165, 1.54) is 6.92 Å². The van der Waals surface area contributed by atoms with Crippen molar-refractivity contribution in [1.29, 1.82) is 0 Å². The van der Waals surface area contributed by atoms with Gasteiger partial charge >= 0.3 is 21.9 Å². The van der Waals surface area contributed by atoms with E-state index >= 15 is 0 Å². The molecule has 0 bridgehead atoms. The summed E-state index contributed by atoms with van der Waals surface area (Å²) in [5, 5.41) is 7.86. The molecule has 93 valence electrons. The molecule has 5 nitrogen and oxygen atoms in total. The van der Waals surface area contributed by atoms with Crippen LogP contribution in [-0.4, -0.2) is 45.0 Å². The second-order valence-electron chi connectivity index (χ2n) is 3.74. The summed E-state index contributed by atoms with van der Waals surface area (Å²) in [6, 6.07) is 0. The van der Waals surface area contributed by atoms with Crippen molar-refractivity contribution >= 4 is 27.6 Å². The monoisotopic (exact) mass is 247 g/mol. The molecule has 16 heavy (non-hydrogen) atoms. The standard InChI is InChI=1S/C4H6O3.2C3H7O.Al/c1-3(5)2-4(6)7;2*1-3(2)4;/h2H2,1H3,(H,6,7);2*3H,1-2H3;/q;2*-1;+2. The van der Waals surface area contributed by atoms with Gasteiger partial charge in [-0.05, 0) is 34.6 Å². The number of aliphatic carboxylic acids is 1. The number of carboxylic acid groups (broad SMARTS) is 1. The summed E-state index contributed by atoms with van der Waals surface area (Å²) in [6.45, 7) is 9.29. The average Bonchev–Trinajstić information content (AvgIpc) is 2.00. The fourth-order valence-corrected chi connectivity index (χ4v) is 0.976. The molecule has 0 aliphatic carbocycles. The Kier molecular flexibility index (Phi) is 12.5. The highest BCUT2D eigenvalue weighted by Crippen LogP contribution is 1.89. The van der Waals surface area contributed by atoms with Crippen LogP contribution in [-0.2, 0) is 17.2 Å². The molecule has 0 rings (SSSR count). The minimum atomic E-state index is -1.06. The quantitative estimate of drug-likeness (QED) is 0.567. The lowest BCUT2D eigenvalue weighted by molar-refractivity contribution is -0.139. The molecule has 0 aromatic carbocycles. The fraction of sp³-hybridized carbons (Fsp3) is 0.800. The van der Waals surface area contributed by atoms with Gasteiger partial charge in [-0.25, -0.2) is 0 Å². The Morgan fingerprint density at radius 2 is 1.50 bits per heavy atom. The van der Waals surface area contributed by atoms with Crippen LogP contribution >= 0.6 is 0 Å². The van der Waals surface area contributed by atoms with Crippen molar-refractivity contribution in [2.45, 2.75) is 53.2 Å². The largest absolute Gasteiger partial charge is 0.668 e. The van der Waals surface area contributed by atoms with E-state index in [0.717, 1.165) is 0 Å². The molecule has 1 N–H and O–H groups in total. The first-order chi connectivity index (χ1) is 7.25. The maximum absolute atomic E-state index is 9.87. The number of carbonyl (C=O) groups excluding carboxylic acids is 1. The van der Waals surface area contributed by atoms with Crippen LogP contribution in [0.15, 0.2) is 0 Å². The topological polar surface area (TPSA) is 72.8 Å². The van der Waals surface area contributed by atoms with Crippen molar-refractivity contribution in [1.82, 2.24) is 0 Å². The molecular formula is C10H20AlO5. The SMILES string of the molecule is CC(=O)CC(=O)O.CC(C)[O][Al][O]C(C)C. The van der Waals surface area contributed by atoms with Crippen LogP contribution in [0.5, 0.6) is 0 Å². The molecule has 0 saturated heterocycles. The molecule has 0 heterocycles. The van der Waals surface area contributed by atoms with Crippen molar-refractivity contribution in [3.8, 4) is 0 Å². The number of ketones is 1. The second-order valence-corrected chi connectivity index (χ2v) is 4.48. The van der Waals surface area contributed by atoms with E-state index in [4.69, 9.17) is 12.7 Å². The molecule has 0 aromatic heterocycles. The van der Waals surface area contributed by atoms with E-state index in [1.807, 2.05) is 27.7 Å². The fourth-order valence-electron chi connectivity index (χ4n) is 0.467. The molecule has 0 unspecified atom stereocenters. The summed E-state index contributed by atoms with van der Waals surface area (Å²) in [4.78, 5) is 19.5. The number of Topliss-reactive ketones (excluding diaryl/α,β-unsaturated/α-hetero) is 1. The first-order valence-corrected chi connectivity index (χ1v) is 6.03. The minimum Gasteiger partial charge on any atom is -0.482 e. The highest BCUT2D eigenvalue weighted by molar-refractivity contribution is 6.18. The van der Waals surface area contributed by atoms with Crippen LogP contribution in [0.4, 0.5) is 0 Å². The van der Waals surface area contributed by atoms with Gasteiger partial charge in [0.25, 0.3) is 0 Å². The Morgan fingerprint density at radius 3 is 1.62 bits per heavy atom. The third-order valence-electron chi connectivity index (χ3n) is 1.06. The summed E-state index contributed by atoms with van der Waals surface area (Å²) >= 11 is -0.245. The number of carboxylic acids is 1. The minimum absolute atomic E-state index is 0.245. The van der Waals surface area contributed by atoms with Gasteiger partial charge in [-0.1, -0.05) is 0 Å². The molecule has 6 heteroatoms. The van der Waals surface area contributed by atoms with Crippen LogP contribution < -0.4 is 0 Å². The van der Waals surface area contributed by atoms with Crippen LogP contribution in [0.2, 0.25) is 0 Å². The van der Waals surface area contributed by atoms with Gasteiger partial charge in [-0.3, -0.25) is 9.59 Å². The van der Waals surface area contributed by atoms with E-state index in [1.54, 1.807) is 0 Å². The molecule has 0 amide bonds. The Balaban J connectivity index is 0. The van der Waals surface area contributed by atoms with Gasteiger partial charge in [0.05, 0.1) is 0 Å².